The third-order valence-electron chi connectivity index (χ3n) is 2.50. The van der Waals surface area contributed by atoms with Crippen LogP contribution >= 0.6 is 11.8 Å². The highest BCUT2D eigenvalue weighted by atomic mass is 32.2. The lowest BCUT2D eigenvalue weighted by Gasteiger charge is -2.22. The van der Waals surface area contributed by atoms with Crippen LogP contribution in [0.2, 0.25) is 0 Å². The molecule has 0 spiro atoms. The fraction of sp³-hybridized carbons (Fsp3) is 0.769. The van der Waals surface area contributed by atoms with E-state index in [0.717, 1.165) is 5.69 Å². The van der Waals surface area contributed by atoms with Crippen molar-refractivity contribution in [1.29, 1.82) is 0 Å². The Morgan fingerprint density at radius 2 is 2.06 bits per heavy atom. The monoisotopic (exact) mass is 272 g/mol. The molecule has 104 valence electrons. The minimum absolute atomic E-state index is 0.136. The van der Waals surface area contributed by atoms with E-state index in [2.05, 4.69) is 25.9 Å². The van der Waals surface area contributed by atoms with Gasteiger partial charge in [0.2, 0.25) is 0 Å². The number of nitrogens with zero attached hydrogens (tertiary/aromatic N) is 2. The minimum Gasteiger partial charge on any atom is -0.493 e. The SMILES string of the molecule is COc1cnn(C(C)C)c1C(O)CSC(C)(C)C. The van der Waals surface area contributed by atoms with Crippen molar-refractivity contribution in [2.45, 2.75) is 51.5 Å². The van der Waals surface area contributed by atoms with Crippen molar-refractivity contribution in [3.8, 4) is 5.75 Å². The van der Waals surface area contributed by atoms with Gasteiger partial charge in [0.25, 0.3) is 0 Å². The van der Waals surface area contributed by atoms with Crippen LogP contribution in [-0.2, 0) is 0 Å². The summed E-state index contributed by atoms with van der Waals surface area (Å²) in [4.78, 5) is 0. The van der Waals surface area contributed by atoms with Gasteiger partial charge in [-0.05, 0) is 13.8 Å². The molecule has 1 heterocycles. The lowest BCUT2D eigenvalue weighted by Crippen LogP contribution is -2.16. The Morgan fingerprint density at radius 1 is 1.44 bits per heavy atom. The number of methoxy groups -OCH3 is 1. The second-order valence-electron chi connectivity index (χ2n) is 5.58. The normalized spacial score (nSPS) is 14.0. The zero-order chi connectivity index (χ0) is 13.9. The maximum absolute atomic E-state index is 10.4. The number of aliphatic hydroxyl groups excluding tert-OH is 1. The summed E-state index contributed by atoms with van der Waals surface area (Å²) in [6, 6.07) is 0.207. The molecular weight excluding hydrogens is 248 g/mol. The van der Waals surface area contributed by atoms with Crippen LogP contribution in [0.1, 0.15) is 52.5 Å². The van der Waals surface area contributed by atoms with Crippen molar-refractivity contribution in [2.24, 2.45) is 0 Å². The summed E-state index contributed by atoms with van der Waals surface area (Å²) in [7, 11) is 1.61. The average Bonchev–Trinajstić information content (AvgIpc) is 2.68. The first-order chi connectivity index (χ1) is 8.26. The van der Waals surface area contributed by atoms with E-state index < -0.39 is 6.10 Å². The highest BCUT2D eigenvalue weighted by Crippen LogP contribution is 2.33. The van der Waals surface area contributed by atoms with Crippen molar-refractivity contribution < 1.29 is 9.84 Å². The highest BCUT2D eigenvalue weighted by molar-refractivity contribution is 8.00. The van der Waals surface area contributed by atoms with Crippen LogP contribution in [0.25, 0.3) is 0 Å². The molecule has 1 aromatic heterocycles. The fourth-order valence-electron chi connectivity index (χ4n) is 1.65. The van der Waals surface area contributed by atoms with Crippen molar-refractivity contribution >= 4 is 11.8 Å². The molecule has 1 N–H and O–H groups in total. The molecule has 0 aliphatic heterocycles. The minimum atomic E-state index is -0.561. The van der Waals surface area contributed by atoms with E-state index in [1.54, 1.807) is 25.1 Å². The smallest absolute Gasteiger partial charge is 0.162 e. The van der Waals surface area contributed by atoms with E-state index >= 15 is 0 Å². The lowest BCUT2D eigenvalue weighted by atomic mass is 10.2. The summed E-state index contributed by atoms with van der Waals surface area (Å²) in [5.74, 6) is 1.30. The lowest BCUT2D eigenvalue weighted by molar-refractivity contribution is 0.184. The van der Waals surface area contributed by atoms with Gasteiger partial charge in [0.05, 0.1) is 13.3 Å². The first-order valence-electron chi connectivity index (χ1n) is 6.19. The Labute approximate surface area is 114 Å². The van der Waals surface area contributed by atoms with Crippen LogP contribution in [0.15, 0.2) is 6.20 Å². The van der Waals surface area contributed by atoms with Crippen LogP contribution < -0.4 is 4.74 Å². The van der Waals surface area contributed by atoms with Gasteiger partial charge in [-0.3, -0.25) is 4.68 Å². The third kappa shape index (κ3) is 3.92. The van der Waals surface area contributed by atoms with Crippen LogP contribution in [0.4, 0.5) is 0 Å². The molecule has 0 bridgehead atoms. The Hall–Kier alpha value is -0.680. The molecule has 0 aliphatic carbocycles. The number of hydrogen-bond donors (Lipinski definition) is 1. The van der Waals surface area contributed by atoms with Gasteiger partial charge in [-0.1, -0.05) is 20.8 Å². The van der Waals surface area contributed by atoms with Gasteiger partial charge in [0.15, 0.2) is 5.75 Å². The van der Waals surface area contributed by atoms with Gasteiger partial charge >= 0.3 is 0 Å². The third-order valence-corrected chi connectivity index (χ3v) is 3.85. The largest absolute Gasteiger partial charge is 0.493 e. The van der Waals surface area contributed by atoms with Gasteiger partial charge in [-0.15, -0.1) is 0 Å². The van der Waals surface area contributed by atoms with Crippen LogP contribution in [-0.4, -0.2) is 32.5 Å². The van der Waals surface area contributed by atoms with Crippen molar-refractivity contribution in [2.75, 3.05) is 12.9 Å². The molecule has 1 aromatic rings. The highest BCUT2D eigenvalue weighted by Gasteiger charge is 2.23. The van der Waals surface area contributed by atoms with Crippen LogP contribution in [0, 0.1) is 0 Å². The van der Waals surface area contributed by atoms with Crippen molar-refractivity contribution in [3.63, 3.8) is 0 Å². The number of thioether (sulfide) groups is 1. The van der Waals surface area contributed by atoms with Gasteiger partial charge in [0, 0.05) is 16.5 Å². The first-order valence-corrected chi connectivity index (χ1v) is 7.18. The summed E-state index contributed by atoms with van der Waals surface area (Å²) in [5.41, 5.74) is 0.768. The number of rotatable bonds is 5. The predicted molar refractivity (Wildman–Crippen MR) is 76.3 cm³/mol. The Bertz CT molecular complexity index is 383. The molecule has 0 aliphatic rings. The molecule has 0 fully saturated rings. The maximum Gasteiger partial charge on any atom is 0.162 e. The number of aromatic nitrogens is 2. The summed E-state index contributed by atoms with van der Waals surface area (Å²) < 4.78 is 7.24. The number of ether oxygens (including phenoxy) is 1. The molecule has 1 rings (SSSR count). The van der Waals surface area contributed by atoms with Crippen molar-refractivity contribution in [1.82, 2.24) is 9.78 Å². The zero-order valence-electron chi connectivity index (χ0n) is 12.1. The van der Waals surface area contributed by atoms with E-state index in [-0.39, 0.29) is 10.8 Å². The van der Waals surface area contributed by atoms with E-state index in [4.69, 9.17) is 4.74 Å². The molecule has 1 unspecified atom stereocenters. The molecule has 18 heavy (non-hydrogen) atoms. The predicted octanol–water partition coefficient (Wildman–Crippen LogP) is 3.04. The summed E-state index contributed by atoms with van der Waals surface area (Å²) in [6.07, 6.45) is 1.11. The maximum atomic E-state index is 10.4. The zero-order valence-corrected chi connectivity index (χ0v) is 12.9. The van der Waals surface area contributed by atoms with Gasteiger partial charge in [-0.2, -0.15) is 16.9 Å². The Balaban J connectivity index is 2.89. The van der Waals surface area contributed by atoms with Crippen LogP contribution in [0.5, 0.6) is 5.75 Å². The molecule has 0 saturated carbocycles. The summed E-state index contributed by atoms with van der Waals surface area (Å²) >= 11 is 1.73. The molecule has 1 atom stereocenters. The van der Waals surface area contributed by atoms with E-state index in [0.29, 0.717) is 11.5 Å². The first kappa shape index (κ1) is 15.4. The van der Waals surface area contributed by atoms with E-state index in [1.807, 2.05) is 18.5 Å². The van der Waals surface area contributed by atoms with Crippen LogP contribution in [0.3, 0.4) is 0 Å². The molecule has 0 aromatic carbocycles. The topological polar surface area (TPSA) is 47.3 Å². The molecule has 0 radical (unpaired) electrons. The van der Waals surface area contributed by atoms with E-state index in [1.165, 1.54) is 0 Å². The summed E-state index contributed by atoms with van der Waals surface area (Å²) in [5, 5.41) is 14.6. The summed E-state index contributed by atoms with van der Waals surface area (Å²) in [6.45, 7) is 10.5. The molecular formula is C13H24N2O2S. The Morgan fingerprint density at radius 3 is 2.50 bits per heavy atom. The molecule has 0 amide bonds. The van der Waals surface area contributed by atoms with Crippen molar-refractivity contribution in [3.05, 3.63) is 11.9 Å². The Kier molecular flexibility index (Phi) is 5.10. The second-order valence-corrected chi connectivity index (χ2v) is 7.42. The molecule has 4 nitrogen and oxygen atoms in total. The van der Waals surface area contributed by atoms with Gasteiger partial charge in [0.1, 0.15) is 11.8 Å². The van der Waals surface area contributed by atoms with E-state index in [9.17, 15) is 5.11 Å². The molecule has 0 saturated heterocycles. The standard InChI is InChI=1S/C13H24N2O2S/c1-9(2)15-12(11(17-6)7-14-15)10(16)8-18-13(3,4)5/h7,9-10,16H,8H2,1-6H3. The fourth-order valence-corrected chi connectivity index (χ4v) is 2.47. The number of aliphatic hydroxyl groups is 1. The average molecular weight is 272 g/mol. The van der Waals surface area contributed by atoms with Gasteiger partial charge in [-0.25, -0.2) is 0 Å². The number of hydrogen-bond acceptors (Lipinski definition) is 4. The quantitative estimate of drug-likeness (QED) is 0.895. The molecule has 5 heteroatoms. The second kappa shape index (κ2) is 5.97. The van der Waals surface area contributed by atoms with Gasteiger partial charge < -0.3 is 9.84 Å².